The quantitative estimate of drug-likeness (QED) is 0.448. The number of rotatable bonds is 4. The molecule has 130 valence electrons. The molecule has 2 heterocycles. The van der Waals surface area contributed by atoms with Gasteiger partial charge < -0.3 is 9.72 Å². The second-order valence-corrected chi connectivity index (χ2v) is 6.10. The zero-order valence-electron chi connectivity index (χ0n) is 14.3. The fourth-order valence-corrected chi connectivity index (χ4v) is 3.21. The molecule has 0 radical (unpaired) electrons. The van der Waals surface area contributed by atoms with Gasteiger partial charge in [0.2, 0.25) is 0 Å². The minimum absolute atomic E-state index is 0.242. The van der Waals surface area contributed by atoms with Gasteiger partial charge in [-0.2, -0.15) is 4.57 Å². The number of carbonyl (C=O) groups is 1. The smallest absolute Gasteiger partial charge is 0.403 e. The summed E-state index contributed by atoms with van der Waals surface area (Å²) in [5.41, 5.74) is 2.78. The SMILES string of the molecule is CCOC(=O)c1cc2c(c[n+]1Cc1ccccc1F)[nH]c1ccccc12. The molecule has 2 aromatic heterocycles. The summed E-state index contributed by atoms with van der Waals surface area (Å²) in [4.78, 5) is 15.8. The second kappa shape index (κ2) is 6.59. The standard InChI is InChI=1S/C21H17FN2O2/c1-2-26-21(25)20-11-16-15-8-4-6-10-18(15)23-19(16)13-24(20)12-14-7-3-5-9-17(14)22/h3-11,13H,2,12H2,1H3/p+1. The van der Waals surface area contributed by atoms with Crippen molar-refractivity contribution < 1.29 is 18.5 Å². The van der Waals surface area contributed by atoms with Gasteiger partial charge in [-0.3, -0.25) is 0 Å². The fourth-order valence-electron chi connectivity index (χ4n) is 3.21. The van der Waals surface area contributed by atoms with Crippen LogP contribution in [0.5, 0.6) is 0 Å². The van der Waals surface area contributed by atoms with Crippen molar-refractivity contribution in [1.82, 2.24) is 4.98 Å². The molecule has 0 saturated carbocycles. The van der Waals surface area contributed by atoms with Crippen LogP contribution in [0.3, 0.4) is 0 Å². The molecule has 4 nitrogen and oxygen atoms in total. The van der Waals surface area contributed by atoms with E-state index in [1.165, 1.54) is 6.07 Å². The number of para-hydroxylation sites is 1. The van der Waals surface area contributed by atoms with Crippen LogP contribution in [0.25, 0.3) is 21.8 Å². The highest BCUT2D eigenvalue weighted by Gasteiger charge is 2.24. The van der Waals surface area contributed by atoms with Crippen molar-refractivity contribution >= 4 is 27.8 Å². The van der Waals surface area contributed by atoms with Gasteiger partial charge in [-0.1, -0.05) is 30.3 Å². The maximum atomic E-state index is 14.1. The van der Waals surface area contributed by atoms with Gasteiger partial charge >= 0.3 is 5.97 Å². The molecule has 1 N–H and O–H groups in total. The lowest BCUT2D eigenvalue weighted by Crippen LogP contribution is -2.41. The molecule has 0 aliphatic heterocycles. The predicted octanol–water partition coefficient (Wildman–Crippen LogP) is 3.97. The summed E-state index contributed by atoms with van der Waals surface area (Å²) in [6.45, 7) is 2.29. The number of aromatic amines is 1. The average molecular weight is 349 g/mol. The Morgan fingerprint density at radius 2 is 1.85 bits per heavy atom. The van der Waals surface area contributed by atoms with Crippen LogP contribution in [0.15, 0.2) is 60.8 Å². The van der Waals surface area contributed by atoms with E-state index in [9.17, 15) is 9.18 Å². The number of nitrogens with one attached hydrogen (secondary N) is 1. The third-order valence-electron chi connectivity index (χ3n) is 4.44. The van der Waals surface area contributed by atoms with Crippen LogP contribution in [-0.4, -0.2) is 17.6 Å². The highest BCUT2D eigenvalue weighted by Crippen LogP contribution is 2.25. The van der Waals surface area contributed by atoms with Crippen molar-refractivity contribution in [1.29, 1.82) is 0 Å². The number of hydrogen-bond donors (Lipinski definition) is 1. The first kappa shape index (κ1) is 16.3. The number of benzene rings is 2. The van der Waals surface area contributed by atoms with Crippen molar-refractivity contribution in [3.8, 4) is 0 Å². The molecule has 4 aromatic rings. The molecule has 0 aliphatic rings. The Labute approximate surface area is 149 Å². The number of ether oxygens (including phenoxy) is 1. The number of fused-ring (bicyclic) bond motifs is 3. The first-order chi connectivity index (χ1) is 12.7. The van der Waals surface area contributed by atoms with Crippen molar-refractivity contribution in [2.24, 2.45) is 0 Å². The molecule has 0 amide bonds. The number of hydrogen-bond acceptors (Lipinski definition) is 2. The molecule has 0 unspecified atom stereocenters. The van der Waals surface area contributed by atoms with E-state index in [0.717, 1.165) is 21.8 Å². The topological polar surface area (TPSA) is 46.0 Å². The molecule has 5 heteroatoms. The summed E-state index contributed by atoms with van der Waals surface area (Å²) in [6.07, 6.45) is 1.84. The van der Waals surface area contributed by atoms with Gasteiger partial charge in [0.25, 0.3) is 5.69 Å². The Morgan fingerprint density at radius 1 is 1.08 bits per heavy atom. The van der Waals surface area contributed by atoms with Gasteiger partial charge in [-0.25, -0.2) is 9.18 Å². The Kier molecular flexibility index (Phi) is 4.13. The molecule has 0 fully saturated rings. The lowest BCUT2D eigenvalue weighted by atomic mass is 10.1. The van der Waals surface area contributed by atoms with Gasteiger partial charge in [0.1, 0.15) is 11.3 Å². The maximum Gasteiger partial charge on any atom is 0.403 e. The first-order valence-electron chi connectivity index (χ1n) is 8.52. The molecular weight excluding hydrogens is 331 g/mol. The Morgan fingerprint density at radius 3 is 2.65 bits per heavy atom. The summed E-state index contributed by atoms with van der Waals surface area (Å²) in [6, 6.07) is 16.3. The Balaban J connectivity index is 1.91. The summed E-state index contributed by atoms with van der Waals surface area (Å²) < 4.78 is 21.0. The highest BCUT2D eigenvalue weighted by molar-refractivity contribution is 6.08. The van der Waals surface area contributed by atoms with Crippen molar-refractivity contribution in [2.75, 3.05) is 6.61 Å². The summed E-state index contributed by atoms with van der Waals surface area (Å²) in [5.74, 6) is -0.720. The average Bonchev–Trinajstić information content (AvgIpc) is 3.00. The first-order valence-corrected chi connectivity index (χ1v) is 8.52. The number of pyridine rings is 1. The van der Waals surface area contributed by atoms with Gasteiger partial charge in [-0.05, 0) is 25.1 Å². The highest BCUT2D eigenvalue weighted by atomic mass is 19.1. The summed E-state index contributed by atoms with van der Waals surface area (Å²) in [5, 5.41) is 1.97. The van der Waals surface area contributed by atoms with Gasteiger partial charge in [-0.15, -0.1) is 0 Å². The van der Waals surface area contributed by atoms with E-state index in [0.29, 0.717) is 11.3 Å². The summed E-state index contributed by atoms with van der Waals surface area (Å²) in [7, 11) is 0. The molecule has 0 saturated heterocycles. The lowest BCUT2D eigenvalue weighted by Gasteiger charge is -2.05. The van der Waals surface area contributed by atoms with Gasteiger partial charge in [0.05, 0.1) is 12.2 Å². The van der Waals surface area contributed by atoms with E-state index in [1.807, 2.05) is 36.5 Å². The molecule has 0 bridgehead atoms. The number of esters is 1. The molecule has 0 atom stereocenters. The Hall–Kier alpha value is -3.21. The molecule has 26 heavy (non-hydrogen) atoms. The van der Waals surface area contributed by atoms with E-state index < -0.39 is 5.97 Å². The van der Waals surface area contributed by atoms with Crippen LogP contribution in [0.4, 0.5) is 4.39 Å². The van der Waals surface area contributed by atoms with E-state index in [1.54, 1.807) is 29.7 Å². The van der Waals surface area contributed by atoms with Crippen LogP contribution in [0.1, 0.15) is 23.0 Å². The van der Waals surface area contributed by atoms with E-state index >= 15 is 0 Å². The molecule has 0 spiro atoms. The van der Waals surface area contributed by atoms with Crippen LogP contribution in [-0.2, 0) is 11.3 Å². The molecule has 0 aliphatic carbocycles. The van der Waals surface area contributed by atoms with Crippen LogP contribution in [0, 0.1) is 5.82 Å². The fraction of sp³-hybridized carbons (Fsp3) is 0.143. The van der Waals surface area contributed by atoms with E-state index in [2.05, 4.69) is 4.98 Å². The lowest BCUT2D eigenvalue weighted by molar-refractivity contribution is -0.689. The zero-order chi connectivity index (χ0) is 18.1. The van der Waals surface area contributed by atoms with E-state index in [-0.39, 0.29) is 19.0 Å². The van der Waals surface area contributed by atoms with Crippen molar-refractivity contribution in [3.63, 3.8) is 0 Å². The normalized spacial score (nSPS) is 11.2. The van der Waals surface area contributed by atoms with Gasteiger partial charge in [0, 0.05) is 22.4 Å². The molecular formula is C21H18FN2O2+. The zero-order valence-corrected chi connectivity index (χ0v) is 14.3. The predicted molar refractivity (Wildman–Crippen MR) is 97.5 cm³/mol. The Bertz CT molecular complexity index is 1120. The number of H-pyrrole nitrogens is 1. The number of halogens is 1. The maximum absolute atomic E-state index is 14.1. The second-order valence-electron chi connectivity index (χ2n) is 6.10. The van der Waals surface area contributed by atoms with Crippen LogP contribution < -0.4 is 4.57 Å². The minimum Gasteiger partial charge on any atom is -0.458 e. The number of aromatic nitrogens is 2. The molecule has 4 rings (SSSR count). The van der Waals surface area contributed by atoms with Crippen LogP contribution >= 0.6 is 0 Å². The minimum atomic E-state index is -0.420. The van der Waals surface area contributed by atoms with Crippen molar-refractivity contribution in [2.45, 2.75) is 13.5 Å². The van der Waals surface area contributed by atoms with Crippen molar-refractivity contribution in [3.05, 3.63) is 77.9 Å². The molecule has 2 aromatic carbocycles. The third kappa shape index (κ3) is 2.81. The number of nitrogens with zero attached hydrogens (tertiary/aromatic N) is 1. The number of carbonyl (C=O) groups excluding carboxylic acids is 1. The monoisotopic (exact) mass is 349 g/mol. The van der Waals surface area contributed by atoms with Crippen LogP contribution in [0.2, 0.25) is 0 Å². The third-order valence-corrected chi connectivity index (χ3v) is 4.44. The summed E-state index contributed by atoms with van der Waals surface area (Å²) >= 11 is 0. The largest absolute Gasteiger partial charge is 0.458 e. The van der Waals surface area contributed by atoms with E-state index in [4.69, 9.17) is 4.74 Å². The van der Waals surface area contributed by atoms with Gasteiger partial charge in [0.15, 0.2) is 12.7 Å².